The van der Waals surface area contributed by atoms with Crippen LogP contribution in [-0.2, 0) is 15.8 Å². The highest BCUT2D eigenvalue weighted by atomic mass is 19.4. The molecule has 0 bridgehead atoms. The second kappa shape index (κ2) is 13.6. The van der Waals surface area contributed by atoms with Crippen LogP contribution in [0.1, 0.15) is 42.5 Å². The molecule has 0 aliphatic carbocycles. The van der Waals surface area contributed by atoms with E-state index in [0.29, 0.717) is 40.5 Å². The average molecular weight is 667 g/mol. The number of methoxy groups -OCH3 is 1. The van der Waals surface area contributed by atoms with Crippen molar-refractivity contribution in [3.8, 4) is 17.0 Å². The summed E-state index contributed by atoms with van der Waals surface area (Å²) in [7, 11) is 3.61. The molecular formula is C33H34F4N8O3. The van der Waals surface area contributed by atoms with Gasteiger partial charge in [-0.05, 0) is 57.3 Å². The summed E-state index contributed by atoms with van der Waals surface area (Å²) in [5.74, 6) is -0.894. The van der Waals surface area contributed by atoms with E-state index in [1.54, 1.807) is 18.5 Å². The maximum absolute atomic E-state index is 15.1. The molecule has 1 amide bonds. The summed E-state index contributed by atoms with van der Waals surface area (Å²) >= 11 is 0. The van der Waals surface area contributed by atoms with E-state index in [2.05, 4.69) is 48.7 Å². The Hall–Kier alpha value is -5.02. The van der Waals surface area contributed by atoms with Gasteiger partial charge in [0.15, 0.2) is 5.82 Å². The van der Waals surface area contributed by atoms with Gasteiger partial charge in [-0.25, -0.2) is 24.4 Å². The quantitative estimate of drug-likeness (QED) is 0.152. The third kappa shape index (κ3) is 6.82. The fourth-order valence-corrected chi connectivity index (χ4v) is 5.99. The summed E-state index contributed by atoms with van der Waals surface area (Å²) in [6.07, 6.45) is 3.55. The lowest BCUT2D eigenvalue weighted by Gasteiger charge is -2.29. The van der Waals surface area contributed by atoms with Gasteiger partial charge in [0.25, 0.3) is 0 Å². The Labute approximate surface area is 274 Å². The van der Waals surface area contributed by atoms with E-state index < -0.39 is 29.5 Å². The number of hydroxylamine groups is 1. The van der Waals surface area contributed by atoms with Gasteiger partial charge in [0.05, 0.1) is 48.7 Å². The van der Waals surface area contributed by atoms with E-state index in [1.807, 2.05) is 6.20 Å². The zero-order valence-corrected chi connectivity index (χ0v) is 26.3. The number of piperidine rings is 1. The number of carbonyl (C=O) groups is 1. The van der Waals surface area contributed by atoms with E-state index in [1.165, 1.54) is 36.7 Å². The SMILES string of the molecule is C=CC(=O)Nc1cc(Nc2cc(N3OCC[C@@H]3c3cccc(C(F)(F)F)c3F)ncn2)c(OC)cc1-c1cn(C2CCN(C)CC2)cn1. The van der Waals surface area contributed by atoms with Crippen molar-refractivity contribution in [3.05, 3.63) is 84.8 Å². The summed E-state index contributed by atoms with van der Waals surface area (Å²) in [5, 5.41) is 7.29. The van der Waals surface area contributed by atoms with E-state index >= 15 is 4.39 Å². The topological polar surface area (TPSA) is 110 Å². The number of nitrogens with one attached hydrogen (secondary N) is 2. The molecule has 252 valence electrons. The minimum atomic E-state index is -4.85. The van der Waals surface area contributed by atoms with Crippen molar-refractivity contribution in [3.63, 3.8) is 0 Å². The molecule has 2 aliphatic heterocycles. The average Bonchev–Trinajstić information content (AvgIpc) is 3.76. The van der Waals surface area contributed by atoms with E-state index in [-0.39, 0.29) is 30.2 Å². The van der Waals surface area contributed by atoms with Gasteiger partial charge in [-0.2, -0.15) is 13.2 Å². The highest BCUT2D eigenvalue weighted by Gasteiger charge is 2.38. The van der Waals surface area contributed by atoms with Crippen LogP contribution < -0.4 is 20.4 Å². The first-order chi connectivity index (χ1) is 23.0. The Bertz CT molecular complexity index is 1810. The first-order valence-electron chi connectivity index (χ1n) is 15.3. The van der Waals surface area contributed by atoms with Gasteiger partial charge in [-0.1, -0.05) is 18.7 Å². The molecule has 48 heavy (non-hydrogen) atoms. The number of hydrogen-bond donors (Lipinski definition) is 2. The number of carbonyl (C=O) groups excluding carboxylic acids is 1. The zero-order valence-electron chi connectivity index (χ0n) is 26.3. The van der Waals surface area contributed by atoms with Gasteiger partial charge in [0, 0.05) is 35.9 Å². The summed E-state index contributed by atoms with van der Waals surface area (Å²) in [4.78, 5) is 33.6. The number of aromatic nitrogens is 4. The van der Waals surface area contributed by atoms with Crippen LogP contribution in [0, 0.1) is 5.82 Å². The number of anilines is 4. The largest absolute Gasteiger partial charge is 0.495 e. The maximum Gasteiger partial charge on any atom is 0.419 e. The van der Waals surface area contributed by atoms with Crippen LogP contribution in [0.2, 0.25) is 0 Å². The summed E-state index contributed by atoms with van der Waals surface area (Å²) in [6.45, 7) is 5.69. The number of amides is 1. The van der Waals surface area contributed by atoms with Crippen molar-refractivity contribution >= 4 is 28.9 Å². The lowest BCUT2D eigenvalue weighted by Crippen LogP contribution is -2.31. The minimum Gasteiger partial charge on any atom is -0.495 e. The number of likely N-dealkylation sites (tertiary alicyclic amines) is 1. The lowest BCUT2D eigenvalue weighted by atomic mass is 10.0. The molecule has 2 aromatic carbocycles. The number of hydrogen-bond acceptors (Lipinski definition) is 9. The first-order valence-corrected chi connectivity index (χ1v) is 15.3. The van der Waals surface area contributed by atoms with E-state index in [0.717, 1.165) is 32.0 Å². The minimum absolute atomic E-state index is 0.141. The molecule has 2 N–H and O–H groups in total. The van der Waals surface area contributed by atoms with Crippen LogP contribution in [0.25, 0.3) is 11.3 Å². The van der Waals surface area contributed by atoms with Crippen LogP contribution in [0.15, 0.2) is 67.9 Å². The van der Waals surface area contributed by atoms with Crippen LogP contribution in [-0.4, -0.2) is 64.2 Å². The normalized spacial score (nSPS) is 17.4. The molecule has 11 nitrogen and oxygen atoms in total. The van der Waals surface area contributed by atoms with Crippen molar-refractivity contribution < 1.29 is 31.9 Å². The molecule has 0 spiro atoms. The molecular weight excluding hydrogens is 632 g/mol. The maximum atomic E-state index is 15.1. The number of alkyl halides is 3. The number of imidazole rings is 1. The summed E-state index contributed by atoms with van der Waals surface area (Å²) < 4.78 is 63.2. The molecule has 6 rings (SSSR count). The lowest BCUT2D eigenvalue weighted by molar-refractivity contribution is -0.140. The number of rotatable bonds is 9. The molecule has 1 atom stereocenters. The molecule has 4 heterocycles. The molecule has 0 radical (unpaired) electrons. The fraction of sp³-hybridized carbons (Fsp3) is 0.333. The number of halogens is 4. The monoisotopic (exact) mass is 666 g/mol. The smallest absolute Gasteiger partial charge is 0.419 e. The Morgan fingerprint density at radius 3 is 2.62 bits per heavy atom. The number of benzene rings is 2. The third-order valence-electron chi connectivity index (χ3n) is 8.51. The van der Waals surface area contributed by atoms with Crippen molar-refractivity contribution in [1.29, 1.82) is 0 Å². The van der Waals surface area contributed by atoms with Crippen molar-refractivity contribution in [1.82, 2.24) is 24.4 Å². The van der Waals surface area contributed by atoms with Gasteiger partial charge in [-0.15, -0.1) is 0 Å². The summed E-state index contributed by atoms with van der Waals surface area (Å²) in [5.41, 5.74) is 0.631. The zero-order chi connectivity index (χ0) is 34.0. The molecule has 2 fully saturated rings. The Kier molecular flexibility index (Phi) is 9.33. The van der Waals surface area contributed by atoms with Crippen molar-refractivity contribution in [2.24, 2.45) is 0 Å². The van der Waals surface area contributed by atoms with Crippen molar-refractivity contribution in [2.45, 2.75) is 37.5 Å². The predicted molar refractivity (Wildman–Crippen MR) is 171 cm³/mol. The van der Waals surface area contributed by atoms with Gasteiger partial charge < -0.3 is 24.8 Å². The molecule has 2 aromatic heterocycles. The van der Waals surface area contributed by atoms with Crippen LogP contribution in [0.3, 0.4) is 0 Å². The second-order valence-corrected chi connectivity index (χ2v) is 11.6. The van der Waals surface area contributed by atoms with E-state index in [9.17, 15) is 18.0 Å². The van der Waals surface area contributed by atoms with Gasteiger partial charge in [0.1, 0.15) is 23.7 Å². The van der Waals surface area contributed by atoms with Crippen LogP contribution in [0.4, 0.5) is 40.6 Å². The third-order valence-corrected chi connectivity index (χ3v) is 8.51. The molecule has 0 unspecified atom stereocenters. The predicted octanol–water partition coefficient (Wildman–Crippen LogP) is 6.52. The number of ether oxygens (including phenoxy) is 1. The molecule has 15 heteroatoms. The molecule has 2 aliphatic rings. The van der Waals surface area contributed by atoms with Gasteiger partial charge in [-0.3, -0.25) is 9.63 Å². The van der Waals surface area contributed by atoms with Crippen LogP contribution in [0.5, 0.6) is 5.75 Å². The summed E-state index contributed by atoms with van der Waals surface area (Å²) in [6, 6.07) is 7.58. The van der Waals surface area contributed by atoms with Crippen LogP contribution >= 0.6 is 0 Å². The molecule has 4 aromatic rings. The standard InChI is InChI=1S/C33H34F4N8O3/c1-4-31(46)42-24-15-25(28(47-3)14-22(24)26-17-44(19-40-26)20-8-11-43(2)12-9-20)41-29-16-30(39-18-38-29)45-27(10-13-48-45)21-6-5-7-23(32(21)34)33(35,36)37/h4-7,14-20,27H,1,8-13H2,2-3H3,(H,42,46)(H,38,39,41)/t27-/m1/s1. The molecule has 0 saturated carbocycles. The molecule has 2 saturated heterocycles. The Morgan fingerprint density at radius 1 is 1.10 bits per heavy atom. The highest BCUT2D eigenvalue weighted by Crippen LogP contribution is 2.41. The highest BCUT2D eigenvalue weighted by molar-refractivity contribution is 6.02. The Morgan fingerprint density at radius 2 is 1.90 bits per heavy atom. The van der Waals surface area contributed by atoms with Gasteiger partial charge >= 0.3 is 6.18 Å². The second-order valence-electron chi connectivity index (χ2n) is 11.6. The van der Waals surface area contributed by atoms with E-state index in [4.69, 9.17) is 9.57 Å². The fourth-order valence-electron chi connectivity index (χ4n) is 5.99. The number of nitrogens with zero attached hydrogens (tertiary/aromatic N) is 6. The first kappa shape index (κ1) is 32.9. The van der Waals surface area contributed by atoms with Gasteiger partial charge in [0.2, 0.25) is 5.91 Å². The Balaban J connectivity index is 1.30. The van der Waals surface area contributed by atoms with Crippen molar-refractivity contribution in [2.75, 3.05) is 49.6 Å².